The minimum absolute atomic E-state index is 0.0262. The quantitative estimate of drug-likeness (QED) is 0.493. The number of halogens is 3. The summed E-state index contributed by atoms with van der Waals surface area (Å²) in [5.41, 5.74) is 2.83. The molecule has 0 saturated heterocycles. The van der Waals surface area contributed by atoms with Crippen molar-refractivity contribution in [2.24, 2.45) is 0 Å². The van der Waals surface area contributed by atoms with Gasteiger partial charge < -0.3 is 10.1 Å². The molecule has 27 heavy (non-hydrogen) atoms. The highest BCUT2D eigenvalue weighted by molar-refractivity contribution is 6.35. The Morgan fingerprint density at radius 2 is 1.70 bits per heavy atom. The van der Waals surface area contributed by atoms with Crippen molar-refractivity contribution in [1.29, 1.82) is 0 Å². The summed E-state index contributed by atoms with van der Waals surface area (Å²) in [6.45, 7) is 3.05. The van der Waals surface area contributed by atoms with Gasteiger partial charge in [0.15, 0.2) is 0 Å². The summed E-state index contributed by atoms with van der Waals surface area (Å²) >= 11 is 11.9. The van der Waals surface area contributed by atoms with Gasteiger partial charge in [-0.25, -0.2) is 4.39 Å². The molecule has 1 aromatic heterocycles. The zero-order chi connectivity index (χ0) is 19.2. The van der Waals surface area contributed by atoms with E-state index in [4.69, 9.17) is 27.9 Å². The van der Waals surface area contributed by atoms with Crippen LogP contribution in [0.3, 0.4) is 0 Å². The molecule has 0 fully saturated rings. The van der Waals surface area contributed by atoms with Crippen LogP contribution in [0.4, 0.5) is 4.39 Å². The number of benzene rings is 2. The lowest BCUT2D eigenvalue weighted by Crippen LogP contribution is -2.18. The summed E-state index contributed by atoms with van der Waals surface area (Å²) in [6, 6.07) is 14.4. The first-order valence-electron chi connectivity index (χ1n) is 8.51. The van der Waals surface area contributed by atoms with E-state index in [1.165, 1.54) is 12.1 Å². The van der Waals surface area contributed by atoms with Gasteiger partial charge in [-0.1, -0.05) is 35.3 Å². The van der Waals surface area contributed by atoms with Crippen LogP contribution in [0, 0.1) is 5.82 Å². The highest BCUT2D eigenvalue weighted by atomic mass is 35.5. The van der Waals surface area contributed by atoms with Gasteiger partial charge in [-0.3, -0.25) is 4.98 Å². The van der Waals surface area contributed by atoms with Crippen LogP contribution in [0.25, 0.3) is 0 Å². The van der Waals surface area contributed by atoms with Crippen molar-refractivity contribution in [3.63, 3.8) is 0 Å². The van der Waals surface area contributed by atoms with Crippen LogP contribution in [-0.4, -0.2) is 4.98 Å². The Bertz CT molecular complexity index is 889. The third kappa shape index (κ3) is 5.42. The third-order valence-electron chi connectivity index (χ3n) is 4.20. The van der Waals surface area contributed by atoms with E-state index >= 15 is 0 Å². The van der Waals surface area contributed by atoms with E-state index in [1.807, 2.05) is 43.3 Å². The van der Waals surface area contributed by atoms with Crippen LogP contribution in [0.5, 0.6) is 5.75 Å². The largest absolute Gasteiger partial charge is 0.489 e. The lowest BCUT2D eigenvalue weighted by atomic mass is 10.1. The molecular formula is C21H19Cl2FN2O. The minimum Gasteiger partial charge on any atom is -0.489 e. The Hall–Kier alpha value is -2.14. The molecule has 3 nitrogen and oxygen atoms in total. The van der Waals surface area contributed by atoms with Crippen LogP contribution in [0.2, 0.25) is 10.0 Å². The molecule has 0 radical (unpaired) electrons. The molecule has 0 bridgehead atoms. The molecule has 0 aliphatic rings. The fourth-order valence-corrected chi connectivity index (χ4v) is 3.15. The molecule has 1 unspecified atom stereocenters. The summed E-state index contributed by atoms with van der Waals surface area (Å²) in [7, 11) is 0. The summed E-state index contributed by atoms with van der Waals surface area (Å²) in [4.78, 5) is 3.98. The normalized spacial score (nSPS) is 12.0. The second kappa shape index (κ2) is 9.18. The third-order valence-corrected chi connectivity index (χ3v) is 4.81. The number of rotatable bonds is 7. The molecular weight excluding hydrogens is 386 g/mol. The Labute approximate surface area is 168 Å². The number of nitrogens with zero attached hydrogens (tertiary/aromatic N) is 1. The van der Waals surface area contributed by atoms with Gasteiger partial charge in [0.2, 0.25) is 0 Å². The standard InChI is InChI=1S/C21H19Cl2FN2O/c1-14(18-10-21(24)20(23)11-19(18)22)26-12-15-2-4-17(5-3-15)27-13-16-6-8-25-9-7-16/h2-11,14,26H,12-13H2,1H3. The second-order valence-electron chi connectivity index (χ2n) is 6.18. The Morgan fingerprint density at radius 3 is 2.41 bits per heavy atom. The first-order valence-corrected chi connectivity index (χ1v) is 9.27. The van der Waals surface area contributed by atoms with Crippen LogP contribution in [0.1, 0.15) is 29.7 Å². The van der Waals surface area contributed by atoms with E-state index < -0.39 is 5.82 Å². The zero-order valence-electron chi connectivity index (χ0n) is 14.8. The molecule has 0 aliphatic carbocycles. The lowest BCUT2D eigenvalue weighted by Gasteiger charge is -2.16. The van der Waals surface area contributed by atoms with Gasteiger partial charge in [-0.2, -0.15) is 0 Å². The number of hydrogen-bond acceptors (Lipinski definition) is 3. The second-order valence-corrected chi connectivity index (χ2v) is 6.99. The molecule has 0 spiro atoms. The van der Waals surface area contributed by atoms with E-state index in [9.17, 15) is 4.39 Å². The van der Waals surface area contributed by atoms with Crippen LogP contribution < -0.4 is 10.1 Å². The van der Waals surface area contributed by atoms with Gasteiger partial charge >= 0.3 is 0 Å². The molecule has 3 aromatic rings. The minimum atomic E-state index is -0.472. The average molecular weight is 405 g/mol. The highest BCUT2D eigenvalue weighted by Gasteiger charge is 2.13. The Morgan fingerprint density at radius 1 is 1.00 bits per heavy atom. The van der Waals surface area contributed by atoms with Crippen molar-refractivity contribution >= 4 is 23.2 Å². The van der Waals surface area contributed by atoms with Gasteiger partial charge in [-0.15, -0.1) is 0 Å². The van der Waals surface area contributed by atoms with Gasteiger partial charge in [-0.05, 0) is 60.0 Å². The van der Waals surface area contributed by atoms with Crippen LogP contribution >= 0.6 is 23.2 Å². The van der Waals surface area contributed by atoms with Crippen molar-refractivity contribution in [2.75, 3.05) is 0 Å². The van der Waals surface area contributed by atoms with Gasteiger partial charge in [0, 0.05) is 30.0 Å². The Kier molecular flexibility index (Phi) is 6.67. The molecule has 1 heterocycles. The maximum atomic E-state index is 13.7. The van der Waals surface area contributed by atoms with Crippen molar-refractivity contribution < 1.29 is 9.13 Å². The predicted octanol–water partition coefficient (Wildman–Crippen LogP) is 5.96. The smallest absolute Gasteiger partial charge is 0.142 e. The summed E-state index contributed by atoms with van der Waals surface area (Å²) in [5.74, 6) is 0.326. The van der Waals surface area contributed by atoms with Gasteiger partial charge in [0.1, 0.15) is 18.2 Å². The molecule has 0 amide bonds. The number of hydrogen-bond donors (Lipinski definition) is 1. The topological polar surface area (TPSA) is 34.1 Å². The highest BCUT2D eigenvalue weighted by Crippen LogP contribution is 2.28. The molecule has 1 atom stereocenters. The zero-order valence-corrected chi connectivity index (χ0v) is 16.3. The maximum absolute atomic E-state index is 13.7. The van der Waals surface area contributed by atoms with E-state index in [0.717, 1.165) is 16.9 Å². The van der Waals surface area contributed by atoms with Crippen LogP contribution in [-0.2, 0) is 13.2 Å². The molecule has 2 aromatic carbocycles. The summed E-state index contributed by atoms with van der Waals surface area (Å²) in [5, 5.41) is 3.81. The first-order chi connectivity index (χ1) is 13.0. The molecule has 0 aliphatic heterocycles. The molecule has 3 rings (SSSR count). The SMILES string of the molecule is CC(NCc1ccc(OCc2ccncc2)cc1)c1cc(F)c(Cl)cc1Cl. The number of aromatic nitrogens is 1. The van der Waals surface area contributed by atoms with Crippen molar-refractivity contribution in [2.45, 2.75) is 26.1 Å². The molecule has 1 N–H and O–H groups in total. The first kappa shape index (κ1) is 19.6. The molecule has 0 saturated carbocycles. The van der Waals surface area contributed by atoms with E-state index in [2.05, 4.69) is 10.3 Å². The van der Waals surface area contributed by atoms with Gasteiger partial charge in [0.05, 0.1) is 5.02 Å². The lowest BCUT2D eigenvalue weighted by molar-refractivity contribution is 0.306. The monoisotopic (exact) mass is 404 g/mol. The van der Waals surface area contributed by atoms with Crippen molar-refractivity contribution in [3.8, 4) is 5.75 Å². The fourth-order valence-electron chi connectivity index (χ4n) is 2.60. The summed E-state index contributed by atoms with van der Waals surface area (Å²) in [6.07, 6.45) is 3.49. The summed E-state index contributed by atoms with van der Waals surface area (Å²) < 4.78 is 19.4. The average Bonchev–Trinajstić information content (AvgIpc) is 2.69. The van der Waals surface area contributed by atoms with Crippen molar-refractivity contribution in [3.05, 3.63) is 93.5 Å². The number of pyridine rings is 1. The number of nitrogens with one attached hydrogen (secondary N) is 1. The molecule has 140 valence electrons. The van der Waals surface area contributed by atoms with Crippen molar-refractivity contribution in [1.82, 2.24) is 10.3 Å². The van der Waals surface area contributed by atoms with E-state index in [0.29, 0.717) is 23.7 Å². The van der Waals surface area contributed by atoms with Crippen LogP contribution in [0.15, 0.2) is 60.9 Å². The number of ether oxygens (including phenoxy) is 1. The van der Waals surface area contributed by atoms with E-state index in [-0.39, 0.29) is 11.1 Å². The Balaban J connectivity index is 1.54. The fraction of sp³-hybridized carbons (Fsp3) is 0.190. The maximum Gasteiger partial charge on any atom is 0.142 e. The molecule has 6 heteroatoms. The predicted molar refractivity (Wildman–Crippen MR) is 107 cm³/mol. The van der Waals surface area contributed by atoms with Gasteiger partial charge in [0.25, 0.3) is 0 Å². The van der Waals surface area contributed by atoms with E-state index in [1.54, 1.807) is 12.4 Å².